The van der Waals surface area contributed by atoms with E-state index in [2.05, 4.69) is 0 Å². The molecule has 1 aromatic heterocycles. The lowest BCUT2D eigenvalue weighted by molar-refractivity contribution is 0.0452. The highest BCUT2D eigenvalue weighted by atomic mass is 32.2. The van der Waals surface area contributed by atoms with Crippen molar-refractivity contribution >= 4 is 27.3 Å². The zero-order chi connectivity index (χ0) is 17.7. The van der Waals surface area contributed by atoms with Crippen LogP contribution in [0.4, 0.5) is 0 Å². The van der Waals surface area contributed by atoms with Gasteiger partial charge >= 0.3 is 5.97 Å². The fourth-order valence-electron chi connectivity index (χ4n) is 2.59. The van der Waals surface area contributed by atoms with Gasteiger partial charge in [0, 0.05) is 13.1 Å². The van der Waals surface area contributed by atoms with Crippen molar-refractivity contribution in [3.63, 3.8) is 0 Å². The van der Waals surface area contributed by atoms with Crippen LogP contribution in [0.3, 0.4) is 0 Å². The normalized spacial score (nSPS) is 15.2. The third kappa shape index (κ3) is 4.20. The molecule has 0 spiro atoms. The van der Waals surface area contributed by atoms with Gasteiger partial charge in [-0.15, -0.1) is 11.3 Å². The van der Waals surface area contributed by atoms with Crippen LogP contribution in [0, 0.1) is 0 Å². The summed E-state index contributed by atoms with van der Waals surface area (Å²) in [6.07, 6.45) is 1.69. The minimum Gasteiger partial charge on any atom is -0.490 e. The van der Waals surface area contributed by atoms with E-state index >= 15 is 0 Å². The van der Waals surface area contributed by atoms with E-state index in [-0.39, 0.29) is 23.0 Å². The predicted octanol–water partition coefficient (Wildman–Crippen LogP) is 2.77. The summed E-state index contributed by atoms with van der Waals surface area (Å²) >= 11 is 1.08. The second kappa shape index (κ2) is 7.99. The van der Waals surface area contributed by atoms with Crippen molar-refractivity contribution in [3.05, 3.63) is 46.7 Å². The maximum atomic E-state index is 12.6. The number of hydrogen-bond acceptors (Lipinski definition) is 6. The number of hydrogen-bond donors (Lipinski definition) is 0. The van der Waals surface area contributed by atoms with E-state index in [1.54, 1.807) is 5.38 Å². The van der Waals surface area contributed by atoms with Crippen LogP contribution >= 0.6 is 11.3 Å². The first-order chi connectivity index (χ1) is 12.1. The highest BCUT2D eigenvalue weighted by molar-refractivity contribution is 7.89. The molecular formula is C17H19NO5S2. The minimum absolute atomic E-state index is 0.0355. The van der Waals surface area contributed by atoms with E-state index in [4.69, 9.17) is 9.47 Å². The van der Waals surface area contributed by atoms with E-state index in [0.29, 0.717) is 18.8 Å². The average molecular weight is 381 g/mol. The van der Waals surface area contributed by atoms with Gasteiger partial charge in [0.25, 0.3) is 0 Å². The highest BCUT2D eigenvalue weighted by Gasteiger charge is 2.32. The molecule has 0 radical (unpaired) electrons. The molecule has 134 valence electrons. The first kappa shape index (κ1) is 17.9. The molecule has 0 aliphatic carbocycles. The third-order valence-electron chi connectivity index (χ3n) is 3.83. The van der Waals surface area contributed by atoms with Crippen LogP contribution in [0.5, 0.6) is 5.75 Å². The lowest BCUT2D eigenvalue weighted by Crippen LogP contribution is -2.28. The summed E-state index contributed by atoms with van der Waals surface area (Å²) in [7, 11) is -3.63. The van der Waals surface area contributed by atoms with Gasteiger partial charge < -0.3 is 9.47 Å². The summed E-state index contributed by atoms with van der Waals surface area (Å²) in [5, 5.41) is 1.60. The largest absolute Gasteiger partial charge is 0.490 e. The van der Waals surface area contributed by atoms with Crippen molar-refractivity contribution in [2.45, 2.75) is 17.7 Å². The Bertz CT molecular complexity index is 811. The second-order valence-electron chi connectivity index (χ2n) is 5.52. The Morgan fingerprint density at radius 1 is 1.08 bits per heavy atom. The molecule has 0 saturated carbocycles. The van der Waals surface area contributed by atoms with Crippen molar-refractivity contribution in [1.29, 1.82) is 0 Å². The number of nitrogens with zero attached hydrogens (tertiary/aromatic N) is 1. The predicted molar refractivity (Wildman–Crippen MR) is 94.5 cm³/mol. The minimum atomic E-state index is -3.63. The zero-order valence-corrected chi connectivity index (χ0v) is 15.2. The number of carbonyl (C=O) groups excluding carboxylic acids is 1. The number of para-hydroxylation sites is 1. The number of benzene rings is 1. The molecule has 1 fully saturated rings. The lowest BCUT2D eigenvalue weighted by atomic mass is 10.3. The molecule has 0 bridgehead atoms. The Morgan fingerprint density at radius 2 is 1.80 bits per heavy atom. The van der Waals surface area contributed by atoms with Crippen molar-refractivity contribution < 1.29 is 22.7 Å². The average Bonchev–Trinajstić information content (AvgIpc) is 3.31. The number of sulfonamides is 1. The summed E-state index contributed by atoms with van der Waals surface area (Å²) in [6, 6.07) is 10.7. The van der Waals surface area contributed by atoms with E-state index < -0.39 is 16.0 Å². The monoisotopic (exact) mass is 381 g/mol. The molecule has 0 atom stereocenters. The molecule has 1 aromatic carbocycles. The number of rotatable bonds is 7. The van der Waals surface area contributed by atoms with E-state index in [9.17, 15) is 13.2 Å². The number of esters is 1. The second-order valence-corrected chi connectivity index (χ2v) is 8.35. The molecule has 0 amide bonds. The molecule has 6 nitrogen and oxygen atoms in total. The molecule has 1 saturated heterocycles. The molecule has 1 aliphatic heterocycles. The summed E-state index contributed by atoms with van der Waals surface area (Å²) in [5.41, 5.74) is 0. The lowest BCUT2D eigenvalue weighted by Gasteiger charge is -2.15. The van der Waals surface area contributed by atoms with Crippen molar-refractivity contribution in [2.24, 2.45) is 0 Å². The Balaban J connectivity index is 1.59. The number of carbonyl (C=O) groups is 1. The Hall–Kier alpha value is -1.90. The summed E-state index contributed by atoms with van der Waals surface area (Å²) in [4.78, 5) is 12.4. The van der Waals surface area contributed by atoms with Gasteiger partial charge in [-0.2, -0.15) is 4.31 Å². The molecule has 0 N–H and O–H groups in total. The summed E-state index contributed by atoms with van der Waals surface area (Å²) in [6.45, 7) is 1.25. The maximum absolute atomic E-state index is 12.6. The van der Waals surface area contributed by atoms with Gasteiger partial charge in [-0.1, -0.05) is 18.2 Å². The molecule has 1 aliphatic rings. The summed E-state index contributed by atoms with van der Waals surface area (Å²) in [5.74, 6) is 0.0522. The van der Waals surface area contributed by atoms with Crippen LogP contribution in [0.2, 0.25) is 0 Å². The molecular weight excluding hydrogens is 362 g/mol. The van der Waals surface area contributed by atoms with E-state index in [1.165, 1.54) is 10.4 Å². The molecule has 8 heteroatoms. The first-order valence-electron chi connectivity index (χ1n) is 8.01. The van der Waals surface area contributed by atoms with Crippen LogP contribution < -0.4 is 4.74 Å². The van der Waals surface area contributed by atoms with Crippen LogP contribution in [0.1, 0.15) is 22.5 Å². The zero-order valence-electron chi connectivity index (χ0n) is 13.6. The quantitative estimate of drug-likeness (QED) is 0.545. The van der Waals surface area contributed by atoms with Gasteiger partial charge in [0.1, 0.15) is 28.7 Å². The van der Waals surface area contributed by atoms with E-state index in [1.807, 2.05) is 30.3 Å². The van der Waals surface area contributed by atoms with Crippen LogP contribution in [-0.2, 0) is 14.8 Å². The molecule has 25 heavy (non-hydrogen) atoms. The van der Waals surface area contributed by atoms with Crippen LogP contribution in [-0.4, -0.2) is 45.0 Å². The highest BCUT2D eigenvalue weighted by Crippen LogP contribution is 2.28. The fourth-order valence-corrected chi connectivity index (χ4v) is 5.39. The topological polar surface area (TPSA) is 72.9 Å². The smallest absolute Gasteiger partial charge is 0.349 e. The fraction of sp³-hybridized carbons (Fsp3) is 0.353. The van der Waals surface area contributed by atoms with Gasteiger partial charge in [0.2, 0.25) is 10.0 Å². The molecule has 2 heterocycles. The first-order valence-corrected chi connectivity index (χ1v) is 10.3. The summed E-state index contributed by atoms with van der Waals surface area (Å²) < 4.78 is 37.3. The molecule has 0 unspecified atom stereocenters. The van der Waals surface area contributed by atoms with Crippen LogP contribution in [0.25, 0.3) is 0 Å². The van der Waals surface area contributed by atoms with Crippen molar-refractivity contribution in [3.8, 4) is 5.75 Å². The van der Waals surface area contributed by atoms with Gasteiger partial charge in [0.15, 0.2) is 0 Å². The Morgan fingerprint density at radius 3 is 2.52 bits per heavy atom. The SMILES string of the molecule is O=C(OCCOc1ccccc1)c1sccc1S(=O)(=O)N1CCCC1. The van der Waals surface area contributed by atoms with Gasteiger partial charge in [-0.25, -0.2) is 13.2 Å². The Kier molecular flexibility index (Phi) is 5.72. The van der Waals surface area contributed by atoms with Crippen LogP contribution in [0.15, 0.2) is 46.7 Å². The van der Waals surface area contributed by atoms with Crippen molar-refractivity contribution in [1.82, 2.24) is 4.31 Å². The molecule has 3 rings (SSSR count). The van der Waals surface area contributed by atoms with E-state index in [0.717, 1.165) is 24.2 Å². The maximum Gasteiger partial charge on any atom is 0.349 e. The third-order valence-corrected chi connectivity index (χ3v) is 6.79. The standard InChI is InChI=1S/C17H19NO5S2/c19-17(23-12-11-22-14-6-2-1-3-7-14)16-15(8-13-24-16)25(20,21)18-9-4-5-10-18/h1-3,6-8,13H,4-5,9-12H2. The van der Waals surface area contributed by atoms with Gasteiger partial charge in [-0.05, 0) is 36.4 Å². The number of thiophene rings is 1. The molecule has 2 aromatic rings. The van der Waals surface area contributed by atoms with Gasteiger partial charge in [-0.3, -0.25) is 0 Å². The van der Waals surface area contributed by atoms with Gasteiger partial charge in [0.05, 0.1) is 0 Å². The van der Waals surface area contributed by atoms with Crippen molar-refractivity contribution in [2.75, 3.05) is 26.3 Å². The number of ether oxygens (including phenoxy) is 2. The Labute approximate surface area is 151 Å².